The van der Waals surface area contributed by atoms with E-state index in [1.807, 2.05) is 68.4 Å². The number of ether oxygens (including phenoxy) is 1. The van der Waals surface area contributed by atoms with Gasteiger partial charge in [-0.2, -0.15) is 0 Å². The molecule has 0 aliphatic heterocycles. The molecule has 3 nitrogen and oxygen atoms in total. The molecule has 4 heteroatoms. The first kappa shape index (κ1) is 15.3. The summed E-state index contributed by atoms with van der Waals surface area (Å²) in [5, 5.41) is 6.95. The lowest BCUT2D eigenvalue weighted by molar-refractivity contribution is 0.242. The van der Waals surface area contributed by atoms with Crippen LogP contribution in [-0.4, -0.2) is 11.2 Å². The molecule has 0 aliphatic rings. The van der Waals surface area contributed by atoms with Gasteiger partial charge in [-0.05, 0) is 55.9 Å². The van der Waals surface area contributed by atoms with Gasteiger partial charge >= 0.3 is 0 Å². The molecule has 0 fully saturated rings. The molecule has 2 aromatic carbocycles. The molecule has 21 heavy (non-hydrogen) atoms. The van der Waals surface area contributed by atoms with Crippen LogP contribution in [-0.2, 0) is 6.54 Å². The van der Waals surface area contributed by atoms with Gasteiger partial charge in [0.1, 0.15) is 5.75 Å². The topological polar surface area (TPSA) is 33.3 Å². The summed E-state index contributed by atoms with van der Waals surface area (Å²) in [6.07, 6.45) is 0.191. The quantitative estimate of drug-likeness (QED) is 0.819. The van der Waals surface area contributed by atoms with Gasteiger partial charge in [0.05, 0.1) is 6.10 Å². The van der Waals surface area contributed by atoms with Crippen molar-refractivity contribution in [3.05, 3.63) is 60.2 Å². The Hall–Kier alpha value is -2.07. The van der Waals surface area contributed by atoms with E-state index in [2.05, 4.69) is 10.6 Å². The smallest absolute Gasteiger partial charge is 0.171 e. The van der Waals surface area contributed by atoms with Crippen LogP contribution < -0.4 is 15.4 Å². The minimum Gasteiger partial charge on any atom is -0.491 e. The molecule has 0 aromatic heterocycles. The minimum atomic E-state index is 0.191. The highest BCUT2D eigenvalue weighted by molar-refractivity contribution is 7.80. The highest BCUT2D eigenvalue weighted by Crippen LogP contribution is 2.13. The molecule has 110 valence electrons. The van der Waals surface area contributed by atoms with Crippen LogP contribution in [0.3, 0.4) is 0 Å². The second-order valence-electron chi connectivity index (χ2n) is 4.98. The Balaban J connectivity index is 1.81. The third kappa shape index (κ3) is 5.44. The van der Waals surface area contributed by atoms with Crippen LogP contribution in [0.25, 0.3) is 0 Å². The van der Waals surface area contributed by atoms with Crippen LogP contribution in [0.4, 0.5) is 5.69 Å². The maximum absolute atomic E-state index is 5.62. The summed E-state index contributed by atoms with van der Waals surface area (Å²) in [7, 11) is 0. The Morgan fingerprint density at radius 3 is 2.33 bits per heavy atom. The van der Waals surface area contributed by atoms with E-state index in [-0.39, 0.29) is 6.10 Å². The van der Waals surface area contributed by atoms with Gasteiger partial charge < -0.3 is 15.4 Å². The van der Waals surface area contributed by atoms with Gasteiger partial charge in [0.25, 0.3) is 0 Å². The zero-order valence-corrected chi connectivity index (χ0v) is 13.1. The fourth-order valence-corrected chi connectivity index (χ4v) is 2.03. The SMILES string of the molecule is CC(C)Oc1ccc(CNC(=S)Nc2ccccc2)cc1. The van der Waals surface area contributed by atoms with Crippen molar-refractivity contribution in [2.24, 2.45) is 0 Å². The first-order chi connectivity index (χ1) is 10.1. The molecular weight excluding hydrogens is 280 g/mol. The molecule has 0 unspecified atom stereocenters. The van der Waals surface area contributed by atoms with Crippen molar-refractivity contribution >= 4 is 23.0 Å². The van der Waals surface area contributed by atoms with Crippen molar-refractivity contribution in [1.29, 1.82) is 0 Å². The predicted molar refractivity (Wildman–Crippen MR) is 91.7 cm³/mol. The average molecular weight is 300 g/mol. The largest absolute Gasteiger partial charge is 0.491 e. The fraction of sp³-hybridized carbons (Fsp3) is 0.235. The maximum atomic E-state index is 5.62. The number of nitrogens with one attached hydrogen (secondary N) is 2. The van der Waals surface area contributed by atoms with E-state index in [1.54, 1.807) is 0 Å². The van der Waals surface area contributed by atoms with Crippen molar-refractivity contribution in [3.63, 3.8) is 0 Å². The molecule has 0 amide bonds. The number of thiocarbonyl (C=S) groups is 1. The van der Waals surface area contributed by atoms with Crippen LogP contribution in [0.15, 0.2) is 54.6 Å². The minimum absolute atomic E-state index is 0.191. The molecule has 2 N–H and O–H groups in total. The zero-order valence-electron chi connectivity index (χ0n) is 12.3. The predicted octanol–water partition coefficient (Wildman–Crippen LogP) is 3.96. The lowest BCUT2D eigenvalue weighted by atomic mass is 10.2. The molecule has 2 aromatic rings. The third-order valence-corrected chi connectivity index (χ3v) is 3.03. The van der Waals surface area contributed by atoms with Crippen molar-refractivity contribution in [2.45, 2.75) is 26.5 Å². The third-order valence-electron chi connectivity index (χ3n) is 2.78. The van der Waals surface area contributed by atoms with Crippen molar-refractivity contribution in [1.82, 2.24) is 5.32 Å². The molecule has 2 rings (SSSR count). The van der Waals surface area contributed by atoms with Crippen LogP contribution in [0.1, 0.15) is 19.4 Å². The van der Waals surface area contributed by atoms with Gasteiger partial charge in [-0.15, -0.1) is 0 Å². The Morgan fingerprint density at radius 1 is 1.05 bits per heavy atom. The van der Waals surface area contributed by atoms with E-state index < -0.39 is 0 Å². The van der Waals surface area contributed by atoms with Crippen molar-refractivity contribution in [2.75, 3.05) is 5.32 Å². The molecule has 0 atom stereocenters. The molecule has 0 heterocycles. The van der Waals surface area contributed by atoms with Gasteiger partial charge in [0, 0.05) is 12.2 Å². The number of benzene rings is 2. The number of hydrogen-bond donors (Lipinski definition) is 2. The summed E-state index contributed by atoms with van der Waals surface area (Å²) in [4.78, 5) is 0. The molecule has 0 saturated heterocycles. The number of para-hydroxylation sites is 1. The van der Waals surface area contributed by atoms with E-state index in [9.17, 15) is 0 Å². The van der Waals surface area contributed by atoms with Gasteiger partial charge in [0.15, 0.2) is 5.11 Å². The Kier molecular flexibility index (Phi) is 5.58. The standard InChI is InChI=1S/C17H20N2OS/c1-13(2)20-16-10-8-14(9-11-16)12-18-17(21)19-15-6-4-3-5-7-15/h3-11,13H,12H2,1-2H3,(H2,18,19,21). The summed E-state index contributed by atoms with van der Waals surface area (Å²) in [5.74, 6) is 0.888. The normalized spacial score (nSPS) is 10.2. The van der Waals surface area contributed by atoms with Gasteiger partial charge in [-0.25, -0.2) is 0 Å². The summed E-state index contributed by atoms with van der Waals surface area (Å²) >= 11 is 5.27. The average Bonchev–Trinajstić information content (AvgIpc) is 2.47. The monoisotopic (exact) mass is 300 g/mol. The Morgan fingerprint density at radius 2 is 1.71 bits per heavy atom. The number of anilines is 1. The number of rotatable bonds is 5. The lowest BCUT2D eigenvalue weighted by Gasteiger charge is -2.12. The fourth-order valence-electron chi connectivity index (χ4n) is 1.84. The van der Waals surface area contributed by atoms with E-state index in [0.29, 0.717) is 11.7 Å². The first-order valence-electron chi connectivity index (χ1n) is 6.99. The van der Waals surface area contributed by atoms with Crippen molar-refractivity contribution < 1.29 is 4.74 Å². The summed E-state index contributed by atoms with van der Waals surface area (Å²) in [6.45, 7) is 4.72. The summed E-state index contributed by atoms with van der Waals surface area (Å²) in [5.41, 5.74) is 2.14. The summed E-state index contributed by atoms with van der Waals surface area (Å²) in [6, 6.07) is 17.9. The lowest BCUT2D eigenvalue weighted by Crippen LogP contribution is -2.27. The van der Waals surface area contributed by atoms with Crippen LogP contribution in [0, 0.1) is 0 Å². The molecule has 0 aliphatic carbocycles. The zero-order chi connectivity index (χ0) is 15.1. The molecule has 0 bridgehead atoms. The molecule has 0 spiro atoms. The van der Waals surface area contributed by atoms with E-state index in [4.69, 9.17) is 17.0 Å². The van der Waals surface area contributed by atoms with Crippen LogP contribution in [0.2, 0.25) is 0 Å². The maximum Gasteiger partial charge on any atom is 0.171 e. The highest BCUT2D eigenvalue weighted by Gasteiger charge is 2.00. The number of hydrogen-bond acceptors (Lipinski definition) is 2. The second kappa shape index (κ2) is 7.64. The van der Waals surface area contributed by atoms with E-state index in [0.717, 1.165) is 17.0 Å². The van der Waals surface area contributed by atoms with E-state index in [1.165, 1.54) is 0 Å². The van der Waals surface area contributed by atoms with Gasteiger partial charge in [-0.1, -0.05) is 30.3 Å². The second-order valence-corrected chi connectivity index (χ2v) is 5.39. The van der Waals surface area contributed by atoms with E-state index >= 15 is 0 Å². The van der Waals surface area contributed by atoms with Gasteiger partial charge in [-0.3, -0.25) is 0 Å². The highest BCUT2D eigenvalue weighted by atomic mass is 32.1. The van der Waals surface area contributed by atoms with Crippen molar-refractivity contribution in [3.8, 4) is 5.75 Å². The molecular formula is C17H20N2OS. The van der Waals surface area contributed by atoms with Crippen LogP contribution >= 0.6 is 12.2 Å². The van der Waals surface area contributed by atoms with Crippen LogP contribution in [0.5, 0.6) is 5.75 Å². The molecule has 0 radical (unpaired) electrons. The first-order valence-corrected chi connectivity index (χ1v) is 7.40. The Labute approximate surface area is 131 Å². The Bertz CT molecular complexity index is 567. The summed E-state index contributed by atoms with van der Waals surface area (Å²) < 4.78 is 5.62. The molecule has 0 saturated carbocycles. The van der Waals surface area contributed by atoms with Gasteiger partial charge in [0.2, 0.25) is 0 Å².